The van der Waals surface area contributed by atoms with E-state index in [9.17, 15) is 4.79 Å². The summed E-state index contributed by atoms with van der Waals surface area (Å²) in [6, 6.07) is 8.63. The quantitative estimate of drug-likeness (QED) is 0.898. The van der Waals surface area contributed by atoms with E-state index in [1.54, 1.807) is 7.11 Å². The Kier molecular flexibility index (Phi) is 4.90. The molecule has 0 aromatic heterocycles. The number of piperidine rings is 1. The van der Waals surface area contributed by atoms with Crippen LogP contribution in [0.4, 0.5) is 0 Å². The lowest BCUT2D eigenvalue weighted by molar-refractivity contribution is -0.127. The Morgan fingerprint density at radius 1 is 1.30 bits per heavy atom. The van der Waals surface area contributed by atoms with Crippen molar-refractivity contribution in [2.24, 2.45) is 0 Å². The van der Waals surface area contributed by atoms with Gasteiger partial charge < -0.3 is 15.4 Å². The third kappa shape index (κ3) is 3.23. The zero-order valence-electron chi connectivity index (χ0n) is 14.2. The molecule has 4 nitrogen and oxygen atoms in total. The molecule has 1 aliphatic carbocycles. The highest BCUT2D eigenvalue weighted by Crippen LogP contribution is 2.42. The molecule has 3 rings (SSSR count). The van der Waals surface area contributed by atoms with Crippen LogP contribution in [0.2, 0.25) is 0 Å². The van der Waals surface area contributed by atoms with Crippen LogP contribution in [0.5, 0.6) is 5.75 Å². The summed E-state index contributed by atoms with van der Waals surface area (Å²) in [5.41, 5.74) is 0.717. The molecule has 2 N–H and O–H groups in total. The number of hydrogen-bond acceptors (Lipinski definition) is 3. The summed E-state index contributed by atoms with van der Waals surface area (Å²) in [6.45, 7) is 3.21. The number of carbonyl (C=O) groups excluding carboxylic acids is 1. The van der Waals surface area contributed by atoms with Gasteiger partial charge in [-0.3, -0.25) is 4.79 Å². The number of methoxy groups -OCH3 is 1. The van der Waals surface area contributed by atoms with Gasteiger partial charge in [-0.05, 0) is 56.8 Å². The van der Waals surface area contributed by atoms with Crippen LogP contribution in [0.15, 0.2) is 24.3 Å². The maximum absolute atomic E-state index is 13.2. The number of carbonyl (C=O) groups is 1. The summed E-state index contributed by atoms with van der Waals surface area (Å²) < 4.78 is 5.36. The van der Waals surface area contributed by atoms with Gasteiger partial charge in [0, 0.05) is 12.1 Å². The molecule has 0 spiro atoms. The number of benzene rings is 1. The van der Waals surface area contributed by atoms with Crippen LogP contribution < -0.4 is 15.4 Å². The van der Waals surface area contributed by atoms with E-state index in [1.165, 1.54) is 0 Å². The molecule has 1 amide bonds. The molecule has 2 aliphatic rings. The Bertz CT molecular complexity index is 552. The number of amides is 1. The standard InChI is InChI=1S/C19H28N2O2/c1-14-17(9-6-12-20-14)21-18(22)19(10-3-4-11-19)15-7-5-8-16(13-15)23-2/h5,7-8,13-14,17,20H,3-4,6,9-12H2,1-2H3,(H,21,22). The first kappa shape index (κ1) is 16.3. The average molecular weight is 316 g/mol. The molecule has 1 heterocycles. The fraction of sp³-hybridized carbons (Fsp3) is 0.632. The highest BCUT2D eigenvalue weighted by Gasteiger charge is 2.43. The van der Waals surface area contributed by atoms with Crippen molar-refractivity contribution < 1.29 is 9.53 Å². The molecule has 2 unspecified atom stereocenters. The zero-order chi connectivity index (χ0) is 16.3. The van der Waals surface area contributed by atoms with Gasteiger partial charge in [-0.25, -0.2) is 0 Å². The summed E-state index contributed by atoms with van der Waals surface area (Å²) in [5, 5.41) is 6.81. The second-order valence-corrected chi connectivity index (χ2v) is 6.99. The molecule has 1 aromatic carbocycles. The van der Waals surface area contributed by atoms with Crippen molar-refractivity contribution in [2.75, 3.05) is 13.7 Å². The number of ether oxygens (including phenoxy) is 1. The summed E-state index contributed by atoms with van der Waals surface area (Å²) in [5.74, 6) is 1.03. The van der Waals surface area contributed by atoms with Gasteiger partial charge in [-0.1, -0.05) is 25.0 Å². The fourth-order valence-corrected chi connectivity index (χ4v) is 4.09. The van der Waals surface area contributed by atoms with E-state index < -0.39 is 0 Å². The third-order valence-corrected chi connectivity index (χ3v) is 5.59. The van der Waals surface area contributed by atoms with Crippen molar-refractivity contribution in [3.63, 3.8) is 0 Å². The lowest BCUT2D eigenvalue weighted by Gasteiger charge is -2.35. The second-order valence-electron chi connectivity index (χ2n) is 6.99. The van der Waals surface area contributed by atoms with E-state index in [0.29, 0.717) is 6.04 Å². The summed E-state index contributed by atoms with van der Waals surface area (Å²) in [7, 11) is 1.68. The molecule has 4 heteroatoms. The Morgan fingerprint density at radius 3 is 2.78 bits per heavy atom. The smallest absolute Gasteiger partial charge is 0.230 e. The lowest BCUT2D eigenvalue weighted by atomic mass is 9.77. The molecule has 2 atom stereocenters. The van der Waals surface area contributed by atoms with Gasteiger partial charge in [0.05, 0.1) is 12.5 Å². The first-order chi connectivity index (χ1) is 11.2. The summed E-state index contributed by atoms with van der Waals surface area (Å²) >= 11 is 0. The van der Waals surface area contributed by atoms with Gasteiger partial charge >= 0.3 is 0 Å². The van der Waals surface area contributed by atoms with E-state index in [2.05, 4.69) is 23.6 Å². The molecule has 1 aromatic rings. The fourth-order valence-electron chi connectivity index (χ4n) is 4.09. The van der Waals surface area contributed by atoms with Crippen LogP contribution in [0, 0.1) is 0 Å². The monoisotopic (exact) mass is 316 g/mol. The minimum absolute atomic E-state index is 0.198. The molecular weight excluding hydrogens is 288 g/mol. The minimum Gasteiger partial charge on any atom is -0.497 e. The van der Waals surface area contributed by atoms with Gasteiger partial charge in [0.1, 0.15) is 5.75 Å². The van der Waals surface area contributed by atoms with E-state index in [0.717, 1.165) is 56.4 Å². The predicted octanol–water partition coefficient (Wildman–Crippen LogP) is 2.76. The largest absolute Gasteiger partial charge is 0.497 e. The maximum atomic E-state index is 13.2. The van der Waals surface area contributed by atoms with Crippen LogP contribution in [0.25, 0.3) is 0 Å². The normalized spacial score (nSPS) is 26.7. The lowest BCUT2D eigenvalue weighted by Crippen LogP contribution is -2.55. The van der Waals surface area contributed by atoms with Crippen LogP contribution in [0.1, 0.15) is 51.0 Å². The molecule has 0 bridgehead atoms. The SMILES string of the molecule is COc1cccc(C2(C(=O)NC3CCCNC3C)CCCC2)c1. The molecule has 1 saturated heterocycles. The molecule has 126 valence electrons. The van der Waals surface area contributed by atoms with Crippen LogP contribution in [-0.4, -0.2) is 31.6 Å². The van der Waals surface area contributed by atoms with E-state index in [4.69, 9.17) is 4.74 Å². The first-order valence-corrected chi connectivity index (χ1v) is 8.84. The van der Waals surface area contributed by atoms with Crippen LogP contribution in [-0.2, 0) is 10.2 Å². The van der Waals surface area contributed by atoms with Crippen LogP contribution >= 0.6 is 0 Å². The van der Waals surface area contributed by atoms with Gasteiger partial charge in [0.25, 0.3) is 0 Å². The zero-order valence-corrected chi connectivity index (χ0v) is 14.2. The Morgan fingerprint density at radius 2 is 2.09 bits per heavy atom. The van der Waals surface area contributed by atoms with Gasteiger partial charge in [0.2, 0.25) is 5.91 Å². The highest BCUT2D eigenvalue weighted by molar-refractivity contribution is 5.89. The van der Waals surface area contributed by atoms with Crippen molar-refractivity contribution in [1.29, 1.82) is 0 Å². The van der Waals surface area contributed by atoms with Crippen molar-refractivity contribution in [1.82, 2.24) is 10.6 Å². The number of hydrogen-bond donors (Lipinski definition) is 2. The van der Waals surface area contributed by atoms with Crippen molar-refractivity contribution in [2.45, 2.75) is 62.9 Å². The summed E-state index contributed by atoms with van der Waals surface area (Å²) in [6.07, 6.45) is 6.28. The van der Waals surface area contributed by atoms with Crippen LogP contribution in [0.3, 0.4) is 0 Å². The van der Waals surface area contributed by atoms with E-state index in [1.807, 2.05) is 18.2 Å². The molecule has 2 fully saturated rings. The van der Waals surface area contributed by atoms with Crippen molar-refractivity contribution in [3.05, 3.63) is 29.8 Å². The van der Waals surface area contributed by atoms with E-state index >= 15 is 0 Å². The van der Waals surface area contributed by atoms with Gasteiger partial charge in [-0.2, -0.15) is 0 Å². The average Bonchev–Trinajstić information content (AvgIpc) is 3.08. The molecular formula is C19H28N2O2. The van der Waals surface area contributed by atoms with Crippen molar-refractivity contribution in [3.8, 4) is 5.75 Å². The number of rotatable bonds is 4. The first-order valence-electron chi connectivity index (χ1n) is 8.84. The van der Waals surface area contributed by atoms with Gasteiger partial charge in [-0.15, -0.1) is 0 Å². The highest BCUT2D eigenvalue weighted by atomic mass is 16.5. The predicted molar refractivity (Wildman–Crippen MR) is 91.8 cm³/mol. The second kappa shape index (κ2) is 6.91. The summed E-state index contributed by atoms with van der Waals surface area (Å²) in [4.78, 5) is 13.2. The Labute approximate surface area is 139 Å². The molecule has 1 aliphatic heterocycles. The molecule has 23 heavy (non-hydrogen) atoms. The molecule has 1 saturated carbocycles. The number of nitrogens with one attached hydrogen (secondary N) is 2. The van der Waals surface area contributed by atoms with Gasteiger partial charge in [0.15, 0.2) is 0 Å². The Balaban J connectivity index is 1.83. The third-order valence-electron chi connectivity index (χ3n) is 5.59. The van der Waals surface area contributed by atoms with E-state index in [-0.39, 0.29) is 17.4 Å². The maximum Gasteiger partial charge on any atom is 0.230 e. The molecule has 0 radical (unpaired) electrons. The Hall–Kier alpha value is -1.55. The topological polar surface area (TPSA) is 50.4 Å². The van der Waals surface area contributed by atoms with Crippen molar-refractivity contribution >= 4 is 5.91 Å². The minimum atomic E-state index is -0.383.